The molecule has 0 aliphatic rings. The van der Waals surface area contributed by atoms with Crippen molar-refractivity contribution in [2.75, 3.05) is 7.05 Å². The van der Waals surface area contributed by atoms with Crippen molar-refractivity contribution in [3.8, 4) is 0 Å². The average Bonchev–Trinajstić information content (AvgIpc) is 1.97. The van der Waals surface area contributed by atoms with Gasteiger partial charge in [-0.3, -0.25) is 0 Å². The van der Waals surface area contributed by atoms with Gasteiger partial charge in [0.15, 0.2) is 0 Å². The van der Waals surface area contributed by atoms with E-state index in [1.807, 2.05) is 0 Å². The minimum Gasteiger partial charge on any atom is -0.316 e. The highest BCUT2D eigenvalue weighted by molar-refractivity contribution is 4.80. The Kier molecular flexibility index (Phi) is 4.84. The fourth-order valence-corrected chi connectivity index (χ4v) is 1.47. The van der Waals surface area contributed by atoms with E-state index in [1.165, 1.54) is 12.8 Å². The zero-order chi connectivity index (χ0) is 9.78. The second-order valence-corrected chi connectivity index (χ2v) is 4.96. The lowest BCUT2D eigenvalue weighted by Crippen LogP contribution is -2.39. The molecule has 2 atom stereocenters. The molecule has 0 fully saturated rings. The Labute approximate surface area is 77.9 Å². The van der Waals surface area contributed by atoms with Crippen LogP contribution in [0, 0.1) is 11.3 Å². The van der Waals surface area contributed by atoms with Crippen LogP contribution in [-0.2, 0) is 0 Å². The molecule has 74 valence electrons. The second-order valence-electron chi connectivity index (χ2n) is 4.96. The van der Waals surface area contributed by atoms with Crippen molar-refractivity contribution in [3.63, 3.8) is 0 Å². The Morgan fingerprint density at radius 2 is 1.75 bits per heavy atom. The molecule has 1 N–H and O–H groups in total. The molecule has 0 rings (SSSR count). The van der Waals surface area contributed by atoms with E-state index in [0.717, 1.165) is 5.92 Å². The van der Waals surface area contributed by atoms with Gasteiger partial charge in [0.25, 0.3) is 0 Å². The van der Waals surface area contributed by atoms with Crippen molar-refractivity contribution in [2.24, 2.45) is 11.3 Å². The van der Waals surface area contributed by atoms with E-state index in [4.69, 9.17) is 0 Å². The molecular weight excluding hydrogens is 146 g/mol. The van der Waals surface area contributed by atoms with Crippen LogP contribution in [0.3, 0.4) is 0 Å². The van der Waals surface area contributed by atoms with Gasteiger partial charge in [0.1, 0.15) is 0 Å². The molecule has 0 aromatic rings. The van der Waals surface area contributed by atoms with Crippen LogP contribution in [0.4, 0.5) is 0 Å². The maximum absolute atomic E-state index is 3.41. The molecule has 0 saturated carbocycles. The van der Waals surface area contributed by atoms with Gasteiger partial charge in [-0.25, -0.2) is 0 Å². The minimum atomic E-state index is 0.387. The van der Waals surface area contributed by atoms with Crippen LogP contribution in [0.2, 0.25) is 0 Å². The Morgan fingerprint density at radius 1 is 1.25 bits per heavy atom. The van der Waals surface area contributed by atoms with Crippen molar-refractivity contribution < 1.29 is 0 Å². The highest BCUT2D eigenvalue weighted by Gasteiger charge is 2.23. The lowest BCUT2D eigenvalue weighted by molar-refractivity contribution is 0.239. The highest BCUT2D eigenvalue weighted by Crippen LogP contribution is 2.25. The van der Waals surface area contributed by atoms with Gasteiger partial charge >= 0.3 is 0 Å². The Hall–Kier alpha value is -0.0400. The summed E-state index contributed by atoms with van der Waals surface area (Å²) in [5.41, 5.74) is 0.387. The molecule has 2 unspecified atom stereocenters. The van der Waals surface area contributed by atoms with Gasteiger partial charge < -0.3 is 5.32 Å². The van der Waals surface area contributed by atoms with Gasteiger partial charge in [0.2, 0.25) is 0 Å². The number of rotatable bonds is 4. The lowest BCUT2D eigenvalue weighted by atomic mass is 9.81. The molecule has 0 aliphatic heterocycles. The molecule has 0 bridgehead atoms. The molecule has 0 spiro atoms. The Balaban J connectivity index is 4.00. The van der Waals surface area contributed by atoms with E-state index in [9.17, 15) is 0 Å². The van der Waals surface area contributed by atoms with Crippen LogP contribution < -0.4 is 5.32 Å². The summed E-state index contributed by atoms with van der Waals surface area (Å²) in [7, 11) is 2.07. The monoisotopic (exact) mass is 171 g/mol. The molecule has 0 aromatic carbocycles. The van der Waals surface area contributed by atoms with Crippen LogP contribution in [-0.4, -0.2) is 13.1 Å². The fraction of sp³-hybridized carbons (Fsp3) is 1.00. The number of nitrogens with one attached hydrogen (secondary N) is 1. The van der Waals surface area contributed by atoms with Crippen LogP contribution in [0.25, 0.3) is 0 Å². The zero-order valence-electron chi connectivity index (χ0n) is 9.57. The first-order chi connectivity index (χ1) is 5.41. The Morgan fingerprint density at radius 3 is 2.00 bits per heavy atom. The van der Waals surface area contributed by atoms with Crippen molar-refractivity contribution >= 4 is 0 Å². The lowest BCUT2D eigenvalue weighted by Gasteiger charge is -2.32. The van der Waals surface area contributed by atoms with Crippen molar-refractivity contribution in [1.82, 2.24) is 5.32 Å². The summed E-state index contributed by atoms with van der Waals surface area (Å²) in [6.07, 6.45) is 2.57. The molecule has 0 aliphatic carbocycles. The van der Waals surface area contributed by atoms with Crippen molar-refractivity contribution in [3.05, 3.63) is 0 Å². The summed E-state index contributed by atoms with van der Waals surface area (Å²) in [4.78, 5) is 0. The first-order valence-electron chi connectivity index (χ1n) is 5.09. The van der Waals surface area contributed by atoms with E-state index >= 15 is 0 Å². The zero-order valence-corrected chi connectivity index (χ0v) is 9.57. The van der Waals surface area contributed by atoms with E-state index in [-0.39, 0.29) is 0 Å². The normalized spacial score (nSPS) is 17.5. The third-order valence-electron chi connectivity index (χ3n) is 2.73. The van der Waals surface area contributed by atoms with Gasteiger partial charge in [-0.2, -0.15) is 0 Å². The standard InChI is InChI=1S/C11H25N/c1-7-9(2)8-10(12-6)11(3,4)5/h9-10,12H,7-8H2,1-6H3. The summed E-state index contributed by atoms with van der Waals surface area (Å²) in [5, 5.41) is 3.41. The smallest absolute Gasteiger partial charge is 0.0115 e. The molecule has 1 heteroatoms. The maximum Gasteiger partial charge on any atom is 0.0115 e. The van der Waals surface area contributed by atoms with E-state index in [1.54, 1.807) is 0 Å². The molecule has 0 saturated heterocycles. The van der Waals surface area contributed by atoms with Gasteiger partial charge in [0, 0.05) is 6.04 Å². The molecule has 0 radical (unpaired) electrons. The Bertz CT molecular complexity index is 113. The average molecular weight is 171 g/mol. The van der Waals surface area contributed by atoms with E-state index in [2.05, 4.69) is 47.0 Å². The molecule has 12 heavy (non-hydrogen) atoms. The largest absolute Gasteiger partial charge is 0.316 e. The molecule has 1 nitrogen and oxygen atoms in total. The quantitative estimate of drug-likeness (QED) is 0.685. The van der Waals surface area contributed by atoms with Gasteiger partial charge in [-0.1, -0.05) is 41.0 Å². The first kappa shape index (κ1) is 12.0. The van der Waals surface area contributed by atoms with Crippen LogP contribution in [0.15, 0.2) is 0 Å². The summed E-state index contributed by atoms with van der Waals surface area (Å²) >= 11 is 0. The second kappa shape index (κ2) is 4.86. The van der Waals surface area contributed by atoms with Gasteiger partial charge in [-0.15, -0.1) is 0 Å². The first-order valence-corrected chi connectivity index (χ1v) is 5.09. The van der Waals surface area contributed by atoms with E-state index < -0.39 is 0 Å². The van der Waals surface area contributed by atoms with Crippen molar-refractivity contribution in [2.45, 2.75) is 53.5 Å². The third-order valence-corrected chi connectivity index (χ3v) is 2.73. The number of hydrogen-bond donors (Lipinski definition) is 1. The minimum absolute atomic E-state index is 0.387. The predicted octanol–water partition coefficient (Wildman–Crippen LogP) is 3.06. The summed E-state index contributed by atoms with van der Waals surface area (Å²) in [6.45, 7) is 11.5. The molecule has 0 amide bonds. The number of hydrogen-bond acceptors (Lipinski definition) is 1. The fourth-order valence-electron chi connectivity index (χ4n) is 1.47. The van der Waals surface area contributed by atoms with Crippen LogP contribution in [0.1, 0.15) is 47.5 Å². The summed E-state index contributed by atoms with van der Waals surface area (Å²) in [5.74, 6) is 0.835. The summed E-state index contributed by atoms with van der Waals surface area (Å²) < 4.78 is 0. The van der Waals surface area contributed by atoms with Crippen LogP contribution in [0.5, 0.6) is 0 Å². The van der Waals surface area contributed by atoms with E-state index in [0.29, 0.717) is 11.5 Å². The molecule has 0 aromatic heterocycles. The predicted molar refractivity (Wildman–Crippen MR) is 56.4 cm³/mol. The molecule has 0 heterocycles. The van der Waals surface area contributed by atoms with Gasteiger partial charge in [-0.05, 0) is 24.8 Å². The SMILES string of the molecule is CCC(C)CC(NC)C(C)(C)C. The van der Waals surface area contributed by atoms with Gasteiger partial charge in [0.05, 0.1) is 0 Å². The molecular formula is C11H25N. The summed E-state index contributed by atoms with van der Waals surface area (Å²) in [6, 6.07) is 0.646. The maximum atomic E-state index is 3.41. The highest BCUT2D eigenvalue weighted by atomic mass is 14.9. The van der Waals surface area contributed by atoms with Crippen molar-refractivity contribution in [1.29, 1.82) is 0 Å². The van der Waals surface area contributed by atoms with Crippen LogP contribution >= 0.6 is 0 Å². The topological polar surface area (TPSA) is 12.0 Å². The third kappa shape index (κ3) is 4.10.